The Balaban J connectivity index is 1.90. The molecule has 0 aliphatic heterocycles. The van der Waals surface area contributed by atoms with Gasteiger partial charge in [0.2, 0.25) is 0 Å². The number of aliphatic hydroxyl groups is 1. The van der Waals surface area contributed by atoms with Gasteiger partial charge < -0.3 is 10.4 Å². The lowest BCUT2D eigenvalue weighted by atomic mass is 10.1. The number of thiophene rings is 1. The van der Waals surface area contributed by atoms with Crippen LogP contribution in [0.3, 0.4) is 0 Å². The number of aliphatic hydroxyl groups excluding tert-OH is 1. The number of hydrogen-bond donors (Lipinski definition) is 2. The van der Waals surface area contributed by atoms with Gasteiger partial charge in [-0.2, -0.15) is 5.26 Å². The van der Waals surface area contributed by atoms with Crippen molar-refractivity contribution in [3.05, 3.63) is 57.8 Å². The first-order valence-corrected chi connectivity index (χ1v) is 7.03. The van der Waals surface area contributed by atoms with E-state index in [-0.39, 0.29) is 6.04 Å². The van der Waals surface area contributed by atoms with E-state index in [1.165, 1.54) is 4.88 Å². The molecule has 98 valence electrons. The van der Waals surface area contributed by atoms with Crippen LogP contribution in [0.5, 0.6) is 0 Å². The number of nitriles is 1. The zero-order chi connectivity index (χ0) is 13.7. The lowest BCUT2D eigenvalue weighted by molar-refractivity contribution is 0.171. The van der Waals surface area contributed by atoms with E-state index in [1.54, 1.807) is 35.6 Å². The zero-order valence-corrected chi connectivity index (χ0v) is 11.5. The Labute approximate surface area is 117 Å². The summed E-state index contributed by atoms with van der Waals surface area (Å²) in [6, 6.07) is 13.4. The molecule has 2 rings (SSSR count). The minimum atomic E-state index is -0.560. The standard InChI is InChI=1S/C15H16N2OS/c1-11(15-3-2-8-19-15)17-10-14(18)13-6-4-12(9-16)5-7-13/h2-8,11,14,17-18H,10H2,1H3/t11-,14?/m0/s1. The molecule has 0 saturated heterocycles. The molecule has 1 unspecified atom stereocenters. The van der Waals surface area contributed by atoms with Gasteiger partial charge >= 0.3 is 0 Å². The predicted octanol–water partition coefficient (Wildman–Crippen LogP) is 3.00. The van der Waals surface area contributed by atoms with Gasteiger partial charge in [0.15, 0.2) is 0 Å². The Kier molecular flexibility index (Phi) is 4.69. The van der Waals surface area contributed by atoms with Gasteiger partial charge in [-0.1, -0.05) is 18.2 Å². The maximum Gasteiger partial charge on any atom is 0.0991 e. The molecule has 2 aromatic rings. The molecule has 0 saturated carbocycles. The average Bonchev–Trinajstić information content (AvgIpc) is 2.98. The molecule has 0 aliphatic rings. The Hall–Kier alpha value is -1.67. The summed E-state index contributed by atoms with van der Waals surface area (Å²) in [6.45, 7) is 2.57. The van der Waals surface area contributed by atoms with E-state index in [2.05, 4.69) is 24.4 Å². The predicted molar refractivity (Wildman–Crippen MR) is 76.9 cm³/mol. The highest BCUT2D eigenvalue weighted by Crippen LogP contribution is 2.19. The normalized spacial score (nSPS) is 13.7. The number of nitrogens with zero attached hydrogens (tertiary/aromatic N) is 1. The van der Waals surface area contributed by atoms with Crippen LogP contribution in [0.4, 0.5) is 0 Å². The van der Waals surface area contributed by atoms with E-state index in [1.807, 2.05) is 11.4 Å². The summed E-state index contributed by atoms with van der Waals surface area (Å²) in [6.07, 6.45) is -0.560. The molecule has 0 bridgehead atoms. The molecule has 0 radical (unpaired) electrons. The third kappa shape index (κ3) is 3.65. The van der Waals surface area contributed by atoms with Crippen molar-refractivity contribution < 1.29 is 5.11 Å². The largest absolute Gasteiger partial charge is 0.387 e. The third-order valence-electron chi connectivity index (χ3n) is 3.01. The molecule has 0 amide bonds. The minimum Gasteiger partial charge on any atom is -0.387 e. The fourth-order valence-corrected chi connectivity index (χ4v) is 2.58. The molecule has 1 aromatic heterocycles. The van der Waals surface area contributed by atoms with Crippen molar-refractivity contribution in [1.29, 1.82) is 5.26 Å². The van der Waals surface area contributed by atoms with Crippen molar-refractivity contribution >= 4 is 11.3 Å². The summed E-state index contributed by atoms with van der Waals surface area (Å²) >= 11 is 1.70. The second kappa shape index (κ2) is 6.48. The molecule has 1 aromatic carbocycles. The number of nitrogens with one attached hydrogen (secondary N) is 1. The van der Waals surface area contributed by atoms with E-state index in [4.69, 9.17) is 5.26 Å². The van der Waals surface area contributed by atoms with Gasteiger partial charge in [-0.15, -0.1) is 11.3 Å². The molecule has 2 N–H and O–H groups in total. The van der Waals surface area contributed by atoms with Crippen LogP contribution in [0.2, 0.25) is 0 Å². The van der Waals surface area contributed by atoms with E-state index < -0.39 is 6.10 Å². The van der Waals surface area contributed by atoms with Crippen LogP contribution >= 0.6 is 11.3 Å². The highest BCUT2D eigenvalue weighted by Gasteiger charge is 2.11. The molecular weight excluding hydrogens is 256 g/mol. The maximum absolute atomic E-state index is 10.1. The van der Waals surface area contributed by atoms with Crippen LogP contribution in [0, 0.1) is 11.3 Å². The summed E-state index contributed by atoms with van der Waals surface area (Å²) in [5.41, 5.74) is 1.43. The lowest BCUT2D eigenvalue weighted by Crippen LogP contribution is -2.24. The van der Waals surface area contributed by atoms with Crippen LogP contribution < -0.4 is 5.32 Å². The Bertz CT molecular complexity index is 543. The van der Waals surface area contributed by atoms with Gasteiger partial charge in [-0.25, -0.2) is 0 Å². The van der Waals surface area contributed by atoms with E-state index in [0.29, 0.717) is 12.1 Å². The van der Waals surface area contributed by atoms with Crippen LogP contribution in [0.25, 0.3) is 0 Å². The molecule has 1 heterocycles. The first-order chi connectivity index (χ1) is 9.20. The van der Waals surface area contributed by atoms with Crippen LogP contribution in [-0.2, 0) is 0 Å². The Morgan fingerprint density at radius 2 is 2.05 bits per heavy atom. The molecule has 0 spiro atoms. The van der Waals surface area contributed by atoms with Gasteiger partial charge in [0.25, 0.3) is 0 Å². The smallest absolute Gasteiger partial charge is 0.0991 e. The zero-order valence-electron chi connectivity index (χ0n) is 10.7. The SMILES string of the molecule is C[C@H](NCC(O)c1ccc(C#N)cc1)c1cccs1. The molecule has 0 fully saturated rings. The number of hydrogen-bond acceptors (Lipinski definition) is 4. The van der Waals surface area contributed by atoms with E-state index >= 15 is 0 Å². The topological polar surface area (TPSA) is 56.0 Å². The van der Waals surface area contributed by atoms with Crippen molar-refractivity contribution in [2.75, 3.05) is 6.54 Å². The second-order valence-electron chi connectivity index (χ2n) is 4.39. The second-order valence-corrected chi connectivity index (χ2v) is 5.37. The van der Waals surface area contributed by atoms with Crippen molar-refractivity contribution in [1.82, 2.24) is 5.32 Å². The van der Waals surface area contributed by atoms with E-state index in [9.17, 15) is 5.11 Å². The number of benzene rings is 1. The van der Waals surface area contributed by atoms with Crippen LogP contribution in [0.15, 0.2) is 41.8 Å². The van der Waals surface area contributed by atoms with Gasteiger partial charge in [0.05, 0.1) is 17.7 Å². The van der Waals surface area contributed by atoms with Crippen molar-refractivity contribution in [3.63, 3.8) is 0 Å². The van der Waals surface area contributed by atoms with Crippen LogP contribution in [-0.4, -0.2) is 11.7 Å². The third-order valence-corrected chi connectivity index (χ3v) is 4.07. The monoisotopic (exact) mass is 272 g/mol. The number of rotatable bonds is 5. The summed E-state index contributed by atoms with van der Waals surface area (Å²) < 4.78 is 0. The van der Waals surface area contributed by atoms with Gasteiger partial charge in [0.1, 0.15) is 0 Å². The molecule has 19 heavy (non-hydrogen) atoms. The summed E-state index contributed by atoms with van der Waals surface area (Å²) in [4.78, 5) is 1.26. The van der Waals surface area contributed by atoms with Gasteiger partial charge in [0, 0.05) is 17.5 Å². The fourth-order valence-electron chi connectivity index (χ4n) is 1.82. The van der Waals surface area contributed by atoms with E-state index in [0.717, 1.165) is 5.56 Å². The quantitative estimate of drug-likeness (QED) is 0.879. The highest BCUT2D eigenvalue weighted by molar-refractivity contribution is 7.10. The van der Waals surface area contributed by atoms with Crippen molar-refractivity contribution in [2.24, 2.45) is 0 Å². The molecule has 2 atom stereocenters. The molecule has 0 aliphatic carbocycles. The van der Waals surface area contributed by atoms with Gasteiger partial charge in [-0.05, 0) is 36.1 Å². The summed E-state index contributed by atoms with van der Waals surface area (Å²) in [5, 5.41) is 24.2. The van der Waals surface area contributed by atoms with Crippen molar-refractivity contribution in [3.8, 4) is 6.07 Å². The minimum absolute atomic E-state index is 0.230. The molecule has 3 nitrogen and oxygen atoms in total. The fraction of sp³-hybridized carbons (Fsp3) is 0.267. The molecular formula is C15H16N2OS. The Morgan fingerprint density at radius 3 is 2.63 bits per heavy atom. The lowest BCUT2D eigenvalue weighted by Gasteiger charge is -2.16. The summed E-state index contributed by atoms with van der Waals surface area (Å²) in [5.74, 6) is 0. The van der Waals surface area contributed by atoms with Crippen LogP contribution in [0.1, 0.15) is 35.1 Å². The Morgan fingerprint density at radius 1 is 1.32 bits per heavy atom. The first-order valence-electron chi connectivity index (χ1n) is 6.15. The first kappa shape index (κ1) is 13.8. The molecule has 4 heteroatoms. The van der Waals surface area contributed by atoms with Crippen molar-refractivity contribution in [2.45, 2.75) is 19.1 Å². The summed E-state index contributed by atoms with van der Waals surface area (Å²) in [7, 11) is 0. The van der Waals surface area contributed by atoms with Gasteiger partial charge in [-0.3, -0.25) is 0 Å². The highest BCUT2D eigenvalue weighted by atomic mass is 32.1. The maximum atomic E-state index is 10.1. The average molecular weight is 272 g/mol.